The summed E-state index contributed by atoms with van der Waals surface area (Å²) in [5.41, 5.74) is -5.13. The van der Waals surface area contributed by atoms with E-state index in [-0.39, 0.29) is 17.1 Å². The van der Waals surface area contributed by atoms with Gasteiger partial charge in [0.05, 0.1) is 12.7 Å². The van der Waals surface area contributed by atoms with Gasteiger partial charge in [-0.1, -0.05) is 0 Å². The number of hydrogen-bond donors (Lipinski definition) is 1. The zero-order chi connectivity index (χ0) is 29.4. The molecule has 0 radical (unpaired) electrons. The van der Waals surface area contributed by atoms with Crippen LogP contribution < -0.4 is 20.3 Å². The quantitative estimate of drug-likeness (QED) is 0.301. The zero-order valence-corrected chi connectivity index (χ0v) is 20.4. The molecule has 2 heterocycles. The Labute approximate surface area is 220 Å². The van der Waals surface area contributed by atoms with Crippen molar-refractivity contribution in [2.75, 3.05) is 12.4 Å². The molecule has 0 aliphatic carbocycles. The Hall–Kier alpha value is -4.82. The number of nitrogens with one attached hydrogen (secondary N) is 1. The van der Waals surface area contributed by atoms with Gasteiger partial charge < -0.3 is 14.8 Å². The summed E-state index contributed by atoms with van der Waals surface area (Å²) in [5, 5.41) is 2.17. The van der Waals surface area contributed by atoms with E-state index in [1.165, 1.54) is 0 Å². The number of carbonyl (C=O) groups excluding carboxylic acids is 1. The summed E-state index contributed by atoms with van der Waals surface area (Å²) in [6.07, 6.45) is -4.00. The van der Waals surface area contributed by atoms with Crippen molar-refractivity contribution >= 4 is 11.6 Å². The normalized spacial score (nSPS) is 11.6. The standard InChI is InChI=1S/C25H17F7N4O4/c1-35-20(18-16(26)10-14(39-2)11-17(18)27)19(34-22(37)12-5-7-13(8-6-12)40-24(28)29)23(38)36(35)21-15(25(30,31)32)4-3-9-33-21/h3-11,24H,1-2H3,(H,34,37). The fourth-order valence-electron chi connectivity index (χ4n) is 3.90. The van der Waals surface area contributed by atoms with Gasteiger partial charge in [-0.25, -0.2) is 13.8 Å². The minimum absolute atomic E-state index is 0.202. The van der Waals surface area contributed by atoms with Gasteiger partial charge in [-0.05, 0) is 36.4 Å². The number of halogens is 7. The van der Waals surface area contributed by atoms with Crippen LogP contribution >= 0.6 is 0 Å². The van der Waals surface area contributed by atoms with E-state index >= 15 is 8.78 Å². The molecular weight excluding hydrogens is 553 g/mol. The lowest BCUT2D eigenvalue weighted by molar-refractivity contribution is -0.137. The van der Waals surface area contributed by atoms with E-state index in [1.54, 1.807) is 0 Å². The Morgan fingerprint density at radius 1 is 1.02 bits per heavy atom. The van der Waals surface area contributed by atoms with Gasteiger partial charge in [-0.3, -0.25) is 14.3 Å². The van der Waals surface area contributed by atoms with Gasteiger partial charge in [-0.15, -0.1) is 0 Å². The number of anilines is 1. The van der Waals surface area contributed by atoms with Gasteiger partial charge in [0, 0.05) is 30.9 Å². The second-order valence-electron chi connectivity index (χ2n) is 8.06. The lowest BCUT2D eigenvalue weighted by Crippen LogP contribution is -2.26. The van der Waals surface area contributed by atoms with E-state index in [4.69, 9.17) is 4.74 Å². The molecule has 15 heteroatoms. The Balaban J connectivity index is 1.93. The number of methoxy groups -OCH3 is 1. The van der Waals surface area contributed by atoms with Crippen LogP contribution in [-0.4, -0.2) is 34.0 Å². The SMILES string of the molecule is COc1cc(F)c(-c2c(NC(=O)c3ccc(OC(F)F)cc3)c(=O)n(-c3ncccc3C(F)(F)F)n2C)c(F)c1. The third-order valence-electron chi connectivity index (χ3n) is 5.63. The first kappa shape index (κ1) is 28.2. The first-order valence-electron chi connectivity index (χ1n) is 11.1. The molecule has 210 valence electrons. The van der Waals surface area contributed by atoms with E-state index < -0.39 is 64.2 Å². The number of ether oxygens (including phenoxy) is 2. The third-order valence-corrected chi connectivity index (χ3v) is 5.63. The van der Waals surface area contributed by atoms with Crippen LogP contribution in [0.25, 0.3) is 17.1 Å². The molecule has 1 N–H and O–H groups in total. The van der Waals surface area contributed by atoms with E-state index in [9.17, 15) is 31.5 Å². The Bertz CT molecular complexity index is 1610. The van der Waals surface area contributed by atoms with Crippen molar-refractivity contribution in [1.29, 1.82) is 0 Å². The zero-order valence-electron chi connectivity index (χ0n) is 20.4. The van der Waals surface area contributed by atoms with Crippen molar-refractivity contribution in [3.8, 4) is 28.6 Å². The largest absolute Gasteiger partial charge is 0.497 e. The van der Waals surface area contributed by atoms with Crippen LogP contribution in [0.2, 0.25) is 0 Å². The highest BCUT2D eigenvalue weighted by Gasteiger charge is 2.37. The number of benzene rings is 2. The van der Waals surface area contributed by atoms with Crippen molar-refractivity contribution < 1.29 is 45.0 Å². The molecule has 40 heavy (non-hydrogen) atoms. The van der Waals surface area contributed by atoms with Gasteiger partial charge in [-0.2, -0.15) is 26.6 Å². The lowest BCUT2D eigenvalue weighted by Gasteiger charge is -2.15. The number of pyridine rings is 1. The summed E-state index contributed by atoms with van der Waals surface area (Å²) in [5.74, 6) is -5.01. The monoisotopic (exact) mass is 570 g/mol. The van der Waals surface area contributed by atoms with Crippen molar-refractivity contribution in [2.24, 2.45) is 7.05 Å². The maximum atomic E-state index is 15.1. The van der Waals surface area contributed by atoms with E-state index in [0.717, 1.165) is 62.8 Å². The predicted octanol–water partition coefficient (Wildman–Crippen LogP) is 5.40. The lowest BCUT2D eigenvalue weighted by atomic mass is 10.1. The molecule has 0 aliphatic rings. The second-order valence-corrected chi connectivity index (χ2v) is 8.06. The molecule has 2 aromatic carbocycles. The summed E-state index contributed by atoms with van der Waals surface area (Å²) in [7, 11) is 2.18. The summed E-state index contributed by atoms with van der Waals surface area (Å²) in [6, 6.07) is 7.35. The van der Waals surface area contributed by atoms with E-state index in [0.29, 0.717) is 15.4 Å². The van der Waals surface area contributed by atoms with Crippen molar-refractivity contribution in [2.45, 2.75) is 12.8 Å². The number of aromatic nitrogens is 3. The Morgan fingerprint density at radius 2 is 1.65 bits per heavy atom. The molecule has 4 rings (SSSR count). The van der Waals surface area contributed by atoms with Gasteiger partial charge in [0.15, 0.2) is 5.82 Å². The molecule has 0 aliphatic heterocycles. The highest BCUT2D eigenvalue weighted by Crippen LogP contribution is 2.36. The van der Waals surface area contributed by atoms with Crippen LogP contribution in [0, 0.1) is 11.6 Å². The van der Waals surface area contributed by atoms with Crippen LogP contribution in [0.1, 0.15) is 15.9 Å². The smallest absolute Gasteiger partial charge is 0.420 e. The number of alkyl halides is 5. The summed E-state index contributed by atoms with van der Waals surface area (Å²) in [6.45, 7) is -3.13. The maximum absolute atomic E-state index is 15.1. The summed E-state index contributed by atoms with van der Waals surface area (Å²) in [4.78, 5) is 30.1. The van der Waals surface area contributed by atoms with Crippen molar-refractivity contribution in [3.05, 3.63) is 87.8 Å². The first-order chi connectivity index (χ1) is 18.8. The van der Waals surface area contributed by atoms with Gasteiger partial charge in [0.2, 0.25) is 0 Å². The topological polar surface area (TPSA) is 87.4 Å². The van der Waals surface area contributed by atoms with Crippen LogP contribution in [0.3, 0.4) is 0 Å². The molecule has 0 spiro atoms. The van der Waals surface area contributed by atoms with Crippen LogP contribution in [0.5, 0.6) is 11.5 Å². The molecule has 0 atom stereocenters. The highest BCUT2D eigenvalue weighted by molar-refractivity contribution is 6.06. The molecule has 0 fully saturated rings. The first-order valence-corrected chi connectivity index (χ1v) is 11.1. The number of rotatable bonds is 7. The number of amides is 1. The molecule has 1 amide bonds. The molecule has 0 bridgehead atoms. The number of nitrogens with zero attached hydrogens (tertiary/aromatic N) is 3. The minimum atomic E-state index is -4.98. The fraction of sp³-hybridized carbons (Fsp3) is 0.160. The maximum Gasteiger partial charge on any atom is 0.420 e. The molecule has 4 aromatic rings. The Morgan fingerprint density at radius 3 is 2.20 bits per heavy atom. The molecule has 0 saturated heterocycles. The minimum Gasteiger partial charge on any atom is -0.497 e. The van der Waals surface area contributed by atoms with Crippen molar-refractivity contribution in [1.82, 2.24) is 14.3 Å². The molecule has 2 aromatic heterocycles. The molecule has 0 unspecified atom stereocenters. The average molecular weight is 570 g/mol. The average Bonchev–Trinajstić information content (AvgIpc) is 3.12. The van der Waals surface area contributed by atoms with Gasteiger partial charge in [0.1, 0.15) is 40.1 Å². The number of hydrogen-bond acceptors (Lipinski definition) is 5. The van der Waals surface area contributed by atoms with Crippen LogP contribution in [0.15, 0.2) is 59.5 Å². The van der Waals surface area contributed by atoms with E-state index in [2.05, 4.69) is 15.0 Å². The third kappa shape index (κ3) is 5.34. The predicted molar refractivity (Wildman–Crippen MR) is 127 cm³/mol. The van der Waals surface area contributed by atoms with Gasteiger partial charge in [0.25, 0.3) is 11.5 Å². The molecule has 8 nitrogen and oxygen atoms in total. The second kappa shape index (κ2) is 10.7. The summed E-state index contributed by atoms with van der Waals surface area (Å²) >= 11 is 0. The van der Waals surface area contributed by atoms with E-state index in [1.807, 2.05) is 0 Å². The van der Waals surface area contributed by atoms with Crippen molar-refractivity contribution in [3.63, 3.8) is 0 Å². The molecule has 0 saturated carbocycles. The highest BCUT2D eigenvalue weighted by atomic mass is 19.4. The fourth-order valence-corrected chi connectivity index (χ4v) is 3.90. The van der Waals surface area contributed by atoms with Crippen LogP contribution in [0.4, 0.5) is 36.4 Å². The molecular formula is C25H17F7N4O4. The van der Waals surface area contributed by atoms with Crippen LogP contribution in [-0.2, 0) is 13.2 Å². The number of carbonyl (C=O) groups is 1. The summed E-state index contributed by atoms with van der Waals surface area (Å²) < 4.78 is 107. The van der Waals surface area contributed by atoms with Gasteiger partial charge >= 0.3 is 12.8 Å². The Kier molecular flexibility index (Phi) is 7.57.